The van der Waals surface area contributed by atoms with Gasteiger partial charge in [0.25, 0.3) is 0 Å². The van der Waals surface area contributed by atoms with Crippen molar-refractivity contribution >= 4 is 75.3 Å². The smallest absolute Gasteiger partial charge is 0.164 e. The van der Waals surface area contributed by atoms with Crippen LogP contribution in [-0.4, -0.2) is 19.5 Å². The molecule has 6 heteroatoms. The van der Waals surface area contributed by atoms with Crippen LogP contribution in [0.3, 0.4) is 0 Å². The molecule has 0 saturated heterocycles. The first-order chi connectivity index (χ1) is 28.2. The van der Waals surface area contributed by atoms with Crippen LogP contribution in [0.4, 0.5) is 0 Å². The standard InChI is InChI=1S/C51H30N4OS/c1-3-12-31(13-4-1)36-18-11-20-43-48(36)41-17-7-9-19-42(41)55(43)35-24-27-38-37-25-22-33(28-44(37)56-45(38)30-35)50-52-49(32-14-5-2-6-15-32)53-51(54-50)34-23-26-40-39-16-8-10-21-46(39)57-47(40)29-34/h1-30H. The highest BCUT2D eigenvalue weighted by atomic mass is 32.1. The summed E-state index contributed by atoms with van der Waals surface area (Å²) < 4.78 is 11.5. The summed E-state index contributed by atoms with van der Waals surface area (Å²) in [6.45, 7) is 0. The SMILES string of the molecule is c1ccc(-c2nc(-c3ccc4c(c3)oc3cc(-n5c6ccccc6c6c(-c7ccccc7)cccc65)ccc34)nc(-c3ccc4c(c3)sc3ccccc34)n2)cc1. The van der Waals surface area contributed by atoms with Crippen LogP contribution in [-0.2, 0) is 0 Å². The molecule has 5 nitrogen and oxygen atoms in total. The third-order valence-electron chi connectivity index (χ3n) is 11.1. The summed E-state index contributed by atoms with van der Waals surface area (Å²) in [6, 6.07) is 63.8. The average molecular weight is 747 g/mol. The maximum absolute atomic E-state index is 6.69. The molecule has 4 aromatic heterocycles. The highest BCUT2D eigenvalue weighted by Gasteiger charge is 2.19. The predicted octanol–water partition coefficient (Wildman–Crippen LogP) is 13.9. The maximum atomic E-state index is 6.69. The molecule has 0 bridgehead atoms. The molecule has 0 aliphatic carbocycles. The topological polar surface area (TPSA) is 56.7 Å². The number of aromatic nitrogens is 4. The van der Waals surface area contributed by atoms with Crippen LogP contribution in [0.2, 0.25) is 0 Å². The Balaban J connectivity index is 0.992. The third-order valence-corrected chi connectivity index (χ3v) is 12.2. The summed E-state index contributed by atoms with van der Waals surface area (Å²) in [5.41, 5.74) is 10.1. The van der Waals surface area contributed by atoms with E-state index in [-0.39, 0.29) is 0 Å². The van der Waals surface area contributed by atoms with Crippen LogP contribution < -0.4 is 0 Å². The van der Waals surface area contributed by atoms with Gasteiger partial charge in [0.1, 0.15) is 11.2 Å². The van der Waals surface area contributed by atoms with E-state index in [4.69, 9.17) is 19.4 Å². The van der Waals surface area contributed by atoms with Crippen molar-refractivity contribution < 1.29 is 4.42 Å². The van der Waals surface area contributed by atoms with Crippen molar-refractivity contribution in [2.75, 3.05) is 0 Å². The van der Waals surface area contributed by atoms with Gasteiger partial charge in [0.15, 0.2) is 17.5 Å². The van der Waals surface area contributed by atoms with Gasteiger partial charge in [-0.3, -0.25) is 0 Å². The summed E-state index contributed by atoms with van der Waals surface area (Å²) in [4.78, 5) is 15.1. The van der Waals surface area contributed by atoms with Crippen molar-refractivity contribution in [3.05, 3.63) is 182 Å². The number of benzene rings is 8. The minimum atomic E-state index is 0.595. The van der Waals surface area contributed by atoms with Crippen LogP contribution in [0.25, 0.3) is 115 Å². The quantitative estimate of drug-likeness (QED) is 0.176. The molecule has 266 valence electrons. The Bertz CT molecular complexity index is 3530. The fourth-order valence-corrected chi connectivity index (χ4v) is 9.56. The number of thiophene rings is 1. The van der Waals surface area contributed by atoms with E-state index in [1.165, 1.54) is 42.1 Å². The van der Waals surface area contributed by atoms with Gasteiger partial charge >= 0.3 is 0 Å². The Labute approximate surface area is 330 Å². The zero-order valence-electron chi connectivity index (χ0n) is 30.4. The molecule has 12 rings (SSSR count). The van der Waals surface area contributed by atoms with Crippen LogP contribution in [0, 0.1) is 0 Å². The number of hydrogen-bond donors (Lipinski definition) is 0. The van der Waals surface area contributed by atoms with Gasteiger partial charge in [0, 0.05) is 70.2 Å². The Morgan fingerprint density at radius 3 is 1.75 bits per heavy atom. The second-order valence-electron chi connectivity index (χ2n) is 14.4. The number of rotatable bonds is 5. The van der Waals surface area contributed by atoms with E-state index >= 15 is 0 Å². The zero-order chi connectivity index (χ0) is 37.5. The zero-order valence-corrected chi connectivity index (χ0v) is 31.2. The van der Waals surface area contributed by atoms with Crippen LogP contribution in [0.5, 0.6) is 0 Å². The monoisotopic (exact) mass is 746 g/mol. The van der Waals surface area contributed by atoms with Crippen molar-refractivity contribution in [3.8, 4) is 51.0 Å². The number of hydrogen-bond acceptors (Lipinski definition) is 5. The summed E-state index contributed by atoms with van der Waals surface area (Å²) in [7, 11) is 0. The average Bonchev–Trinajstić information content (AvgIpc) is 3.95. The molecule has 0 saturated carbocycles. The molecule has 12 aromatic rings. The lowest BCUT2D eigenvalue weighted by atomic mass is 9.99. The van der Waals surface area contributed by atoms with Gasteiger partial charge in [-0.15, -0.1) is 11.3 Å². The first-order valence-electron chi connectivity index (χ1n) is 19.0. The van der Waals surface area contributed by atoms with Gasteiger partial charge < -0.3 is 8.98 Å². The first kappa shape index (κ1) is 31.9. The molecule has 4 heterocycles. The van der Waals surface area contributed by atoms with Crippen molar-refractivity contribution in [2.45, 2.75) is 0 Å². The van der Waals surface area contributed by atoms with Crippen LogP contribution >= 0.6 is 11.3 Å². The Kier molecular flexibility index (Phi) is 7.03. The Hall–Kier alpha value is -7.41. The third kappa shape index (κ3) is 5.12. The van der Waals surface area contributed by atoms with Crippen molar-refractivity contribution in [1.29, 1.82) is 0 Å². The molecule has 0 fully saturated rings. The van der Waals surface area contributed by atoms with E-state index in [1.54, 1.807) is 11.3 Å². The molecule has 8 aromatic carbocycles. The van der Waals surface area contributed by atoms with Gasteiger partial charge in [0.2, 0.25) is 0 Å². The lowest BCUT2D eigenvalue weighted by Gasteiger charge is -2.09. The molecule has 0 atom stereocenters. The second-order valence-corrected chi connectivity index (χ2v) is 15.5. The van der Waals surface area contributed by atoms with E-state index in [9.17, 15) is 0 Å². The molecular formula is C51H30N4OS. The van der Waals surface area contributed by atoms with E-state index in [1.807, 2.05) is 30.3 Å². The fraction of sp³-hybridized carbons (Fsp3) is 0. The number of fused-ring (bicyclic) bond motifs is 9. The molecule has 0 spiro atoms. The Morgan fingerprint density at radius 1 is 0.386 bits per heavy atom. The predicted molar refractivity (Wildman–Crippen MR) is 236 cm³/mol. The molecule has 0 aliphatic rings. The first-order valence-corrected chi connectivity index (χ1v) is 19.8. The minimum Gasteiger partial charge on any atom is -0.456 e. The molecule has 0 N–H and O–H groups in total. The fourth-order valence-electron chi connectivity index (χ4n) is 8.42. The van der Waals surface area contributed by atoms with Crippen LogP contribution in [0.15, 0.2) is 186 Å². The second kappa shape index (κ2) is 12.6. The van der Waals surface area contributed by atoms with Gasteiger partial charge in [-0.05, 0) is 59.7 Å². The van der Waals surface area contributed by atoms with Gasteiger partial charge in [-0.2, -0.15) is 0 Å². The number of furan rings is 1. The van der Waals surface area contributed by atoms with E-state index < -0.39 is 0 Å². The van der Waals surface area contributed by atoms with Gasteiger partial charge in [-0.25, -0.2) is 15.0 Å². The lowest BCUT2D eigenvalue weighted by molar-refractivity contribution is 0.668. The lowest BCUT2D eigenvalue weighted by Crippen LogP contribution is -2.00. The molecule has 0 unspecified atom stereocenters. The van der Waals surface area contributed by atoms with Crippen molar-refractivity contribution in [3.63, 3.8) is 0 Å². The van der Waals surface area contributed by atoms with Gasteiger partial charge in [-0.1, -0.05) is 127 Å². The summed E-state index contributed by atoms with van der Waals surface area (Å²) in [5, 5.41) is 7.07. The summed E-state index contributed by atoms with van der Waals surface area (Å²) >= 11 is 1.79. The Morgan fingerprint density at radius 2 is 0.965 bits per heavy atom. The normalized spacial score (nSPS) is 11.9. The molecular weight excluding hydrogens is 717 g/mol. The van der Waals surface area contributed by atoms with Crippen molar-refractivity contribution in [1.82, 2.24) is 19.5 Å². The van der Waals surface area contributed by atoms with E-state index in [0.29, 0.717) is 17.5 Å². The molecule has 0 aliphatic heterocycles. The van der Waals surface area contributed by atoms with Gasteiger partial charge in [0.05, 0.1) is 11.0 Å². The number of para-hydroxylation sites is 1. The largest absolute Gasteiger partial charge is 0.456 e. The minimum absolute atomic E-state index is 0.595. The summed E-state index contributed by atoms with van der Waals surface area (Å²) in [5.74, 6) is 1.86. The molecule has 0 radical (unpaired) electrons. The highest BCUT2D eigenvalue weighted by Crippen LogP contribution is 2.41. The highest BCUT2D eigenvalue weighted by molar-refractivity contribution is 7.25. The van der Waals surface area contributed by atoms with E-state index in [2.05, 4.69) is 156 Å². The molecule has 0 amide bonds. The molecule has 57 heavy (non-hydrogen) atoms. The van der Waals surface area contributed by atoms with Crippen LogP contribution in [0.1, 0.15) is 0 Å². The van der Waals surface area contributed by atoms with Crippen molar-refractivity contribution in [2.24, 2.45) is 0 Å². The number of nitrogens with zero attached hydrogens (tertiary/aromatic N) is 4. The van der Waals surface area contributed by atoms with E-state index in [0.717, 1.165) is 55.3 Å². The maximum Gasteiger partial charge on any atom is 0.164 e. The summed E-state index contributed by atoms with van der Waals surface area (Å²) in [6.07, 6.45) is 0.